The molecule has 1 fully saturated rings. The molecule has 0 bridgehead atoms. The van der Waals surface area contributed by atoms with Crippen molar-refractivity contribution in [3.05, 3.63) is 41.4 Å². The monoisotopic (exact) mass is 318 g/mol. The van der Waals surface area contributed by atoms with Crippen LogP contribution in [0.3, 0.4) is 0 Å². The molecular formula is C17H19ClN2S. The highest BCUT2D eigenvalue weighted by Crippen LogP contribution is 2.38. The average molecular weight is 319 g/mol. The molecule has 1 aliphatic carbocycles. The van der Waals surface area contributed by atoms with Gasteiger partial charge in [-0.05, 0) is 48.8 Å². The Bertz CT molecular complexity index is 653. The zero-order valence-electron chi connectivity index (χ0n) is 12.0. The van der Waals surface area contributed by atoms with Crippen LogP contribution in [-0.4, -0.2) is 12.8 Å². The predicted molar refractivity (Wildman–Crippen MR) is 94.3 cm³/mol. The molecule has 110 valence electrons. The van der Waals surface area contributed by atoms with Crippen LogP contribution in [0.5, 0.6) is 0 Å². The van der Waals surface area contributed by atoms with E-state index in [-0.39, 0.29) is 0 Å². The molecule has 0 unspecified atom stereocenters. The zero-order chi connectivity index (χ0) is 14.8. The summed E-state index contributed by atoms with van der Waals surface area (Å²) in [5.74, 6) is 0.807. The molecule has 1 saturated carbocycles. The Morgan fingerprint density at radius 3 is 2.81 bits per heavy atom. The molecule has 21 heavy (non-hydrogen) atoms. The number of halogens is 1. The SMILES string of the molecule is CSc1cccc(-c2ccc(NCC3CC3)c(N)c2Cl)c1. The molecule has 0 aliphatic heterocycles. The first kappa shape index (κ1) is 14.6. The maximum absolute atomic E-state index is 6.49. The van der Waals surface area contributed by atoms with E-state index in [1.54, 1.807) is 11.8 Å². The summed E-state index contributed by atoms with van der Waals surface area (Å²) >= 11 is 8.21. The highest BCUT2D eigenvalue weighted by atomic mass is 35.5. The minimum Gasteiger partial charge on any atom is -0.396 e. The van der Waals surface area contributed by atoms with Crippen LogP contribution in [0, 0.1) is 5.92 Å². The Morgan fingerprint density at radius 1 is 1.29 bits per heavy atom. The van der Waals surface area contributed by atoms with Gasteiger partial charge < -0.3 is 11.1 Å². The van der Waals surface area contributed by atoms with Gasteiger partial charge in [-0.2, -0.15) is 0 Å². The molecular weight excluding hydrogens is 300 g/mol. The van der Waals surface area contributed by atoms with E-state index in [0.717, 1.165) is 29.3 Å². The topological polar surface area (TPSA) is 38.0 Å². The van der Waals surface area contributed by atoms with E-state index in [4.69, 9.17) is 17.3 Å². The van der Waals surface area contributed by atoms with Crippen molar-refractivity contribution in [1.82, 2.24) is 0 Å². The molecule has 0 atom stereocenters. The first-order valence-electron chi connectivity index (χ1n) is 7.15. The van der Waals surface area contributed by atoms with Crippen molar-refractivity contribution in [2.45, 2.75) is 17.7 Å². The molecule has 0 heterocycles. The van der Waals surface area contributed by atoms with Gasteiger partial charge >= 0.3 is 0 Å². The molecule has 3 N–H and O–H groups in total. The van der Waals surface area contributed by atoms with E-state index in [0.29, 0.717) is 10.7 Å². The molecule has 1 aliphatic rings. The van der Waals surface area contributed by atoms with Crippen LogP contribution in [0.4, 0.5) is 11.4 Å². The van der Waals surface area contributed by atoms with Crippen molar-refractivity contribution < 1.29 is 0 Å². The van der Waals surface area contributed by atoms with Crippen molar-refractivity contribution in [2.75, 3.05) is 23.9 Å². The molecule has 0 radical (unpaired) electrons. The lowest BCUT2D eigenvalue weighted by atomic mass is 10.0. The molecule has 0 amide bonds. The van der Waals surface area contributed by atoms with Gasteiger partial charge in [-0.3, -0.25) is 0 Å². The van der Waals surface area contributed by atoms with Gasteiger partial charge in [-0.1, -0.05) is 29.8 Å². The van der Waals surface area contributed by atoms with Crippen LogP contribution in [0.25, 0.3) is 11.1 Å². The highest BCUT2D eigenvalue weighted by Gasteiger charge is 2.21. The van der Waals surface area contributed by atoms with Crippen molar-refractivity contribution in [1.29, 1.82) is 0 Å². The third kappa shape index (κ3) is 3.30. The standard InChI is InChI=1S/C17H19ClN2S/c1-21-13-4-2-3-12(9-13)14-7-8-15(17(19)16(14)18)20-10-11-5-6-11/h2-4,7-9,11,20H,5-6,10,19H2,1H3. The Balaban J connectivity index is 1.89. The number of hydrogen-bond acceptors (Lipinski definition) is 3. The van der Waals surface area contributed by atoms with Gasteiger partial charge in [0.1, 0.15) is 0 Å². The van der Waals surface area contributed by atoms with Gasteiger partial charge in [0.25, 0.3) is 0 Å². The van der Waals surface area contributed by atoms with E-state index in [2.05, 4.69) is 29.8 Å². The zero-order valence-corrected chi connectivity index (χ0v) is 13.6. The van der Waals surface area contributed by atoms with E-state index in [9.17, 15) is 0 Å². The Labute approximate surface area is 135 Å². The van der Waals surface area contributed by atoms with Crippen LogP contribution in [0.2, 0.25) is 5.02 Å². The number of nitrogens with one attached hydrogen (secondary N) is 1. The number of anilines is 2. The number of rotatable bonds is 5. The fourth-order valence-corrected chi connectivity index (χ4v) is 3.07. The summed E-state index contributed by atoms with van der Waals surface area (Å²) < 4.78 is 0. The van der Waals surface area contributed by atoms with Crippen LogP contribution in [0.15, 0.2) is 41.3 Å². The quantitative estimate of drug-likeness (QED) is 0.592. The first-order chi connectivity index (χ1) is 10.2. The van der Waals surface area contributed by atoms with E-state index in [1.807, 2.05) is 18.2 Å². The first-order valence-corrected chi connectivity index (χ1v) is 8.75. The summed E-state index contributed by atoms with van der Waals surface area (Å²) in [6.45, 7) is 0.988. The molecule has 2 aromatic carbocycles. The van der Waals surface area contributed by atoms with E-state index in [1.165, 1.54) is 17.7 Å². The lowest BCUT2D eigenvalue weighted by molar-refractivity contribution is 0.890. The molecule has 0 saturated heterocycles. The number of hydrogen-bond donors (Lipinski definition) is 2. The van der Waals surface area contributed by atoms with Crippen molar-refractivity contribution in [3.8, 4) is 11.1 Å². The van der Waals surface area contributed by atoms with E-state index < -0.39 is 0 Å². The summed E-state index contributed by atoms with van der Waals surface area (Å²) in [5.41, 5.74) is 9.87. The summed E-state index contributed by atoms with van der Waals surface area (Å²) in [6.07, 6.45) is 4.71. The fraction of sp³-hybridized carbons (Fsp3) is 0.294. The maximum Gasteiger partial charge on any atom is 0.0745 e. The van der Waals surface area contributed by atoms with Crippen LogP contribution >= 0.6 is 23.4 Å². The van der Waals surface area contributed by atoms with Crippen LogP contribution < -0.4 is 11.1 Å². The smallest absolute Gasteiger partial charge is 0.0745 e. The van der Waals surface area contributed by atoms with Gasteiger partial charge in [-0.15, -0.1) is 11.8 Å². The normalized spacial score (nSPS) is 14.2. The Hall–Kier alpha value is -1.32. The van der Waals surface area contributed by atoms with Crippen LogP contribution in [0.1, 0.15) is 12.8 Å². The van der Waals surface area contributed by atoms with Gasteiger partial charge in [0, 0.05) is 17.0 Å². The third-order valence-corrected chi connectivity index (χ3v) is 4.97. The molecule has 3 rings (SSSR count). The minimum atomic E-state index is 0.633. The fourth-order valence-electron chi connectivity index (χ4n) is 2.34. The molecule has 2 aromatic rings. The van der Waals surface area contributed by atoms with Crippen molar-refractivity contribution >= 4 is 34.7 Å². The second kappa shape index (κ2) is 6.20. The average Bonchev–Trinajstić information content (AvgIpc) is 3.33. The van der Waals surface area contributed by atoms with Crippen molar-refractivity contribution in [2.24, 2.45) is 5.92 Å². The predicted octanol–water partition coefficient (Wildman–Crippen LogP) is 5.13. The molecule has 4 heteroatoms. The van der Waals surface area contributed by atoms with Gasteiger partial charge in [0.15, 0.2) is 0 Å². The number of nitrogen functional groups attached to an aromatic ring is 1. The second-order valence-electron chi connectivity index (χ2n) is 5.44. The number of thioether (sulfide) groups is 1. The molecule has 2 nitrogen and oxygen atoms in total. The summed E-state index contributed by atoms with van der Waals surface area (Å²) in [4.78, 5) is 1.22. The molecule has 0 aromatic heterocycles. The summed E-state index contributed by atoms with van der Waals surface area (Å²) in [7, 11) is 0. The summed E-state index contributed by atoms with van der Waals surface area (Å²) in [5, 5.41) is 4.04. The number of benzene rings is 2. The Kier molecular flexibility index (Phi) is 4.32. The highest BCUT2D eigenvalue weighted by molar-refractivity contribution is 7.98. The van der Waals surface area contributed by atoms with E-state index >= 15 is 0 Å². The lowest BCUT2D eigenvalue weighted by Gasteiger charge is -2.14. The lowest BCUT2D eigenvalue weighted by Crippen LogP contribution is -2.06. The molecule has 0 spiro atoms. The maximum atomic E-state index is 6.49. The van der Waals surface area contributed by atoms with Gasteiger partial charge in [0.2, 0.25) is 0 Å². The largest absolute Gasteiger partial charge is 0.396 e. The third-order valence-electron chi connectivity index (χ3n) is 3.84. The second-order valence-corrected chi connectivity index (χ2v) is 6.70. The minimum absolute atomic E-state index is 0.633. The Morgan fingerprint density at radius 2 is 2.10 bits per heavy atom. The van der Waals surface area contributed by atoms with Gasteiger partial charge in [0.05, 0.1) is 16.4 Å². The van der Waals surface area contributed by atoms with Crippen molar-refractivity contribution in [3.63, 3.8) is 0 Å². The number of nitrogens with two attached hydrogens (primary N) is 1. The summed E-state index contributed by atoms with van der Waals surface area (Å²) in [6, 6.07) is 12.4. The van der Waals surface area contributed by atoms with Gasteiger partial charge in [-0.25, -0.2) is 0 Å². The van der Waals surface area contributed by atoms with Crippen LogP contribution in [-0.2, 0) is 0 Å².